The number of nitrogens with one attached hydrogen (secondary N) is 2. The Morgan fingerprint density at radius 1 is 1.40 bits per heavy atom. The van der Waals surface area contributed by atoms with E-state index in [1.54, 1.807) is 0 Å². The van der Waals surface area contributed by atoms with Gasteiger partial charge in [-0.05, 0) is 37.5 Å². The molecule has 1 fully saturated rings. The standard InChI is InChI=1S/C14H19F2N3.HI/c1-3-17-14(19-13-6-9(13)2)18-8-10-7-11(15)4-5-12(10)16;/h4-5,7,9,13H,3,6,8H2,1-2H3,(H2,17,18,19);1H. The minimum atomic E-state index is -0.444. The predicted molar refractivity (Wildman–Crippen MR) is 87.3 cm³/mol. The van der Waals surface area contributed by atoms with Gasteiger partial charge in [-0.2, -0.15) is 0 Å². The van der Waals surface area contributed by atoms with Crippen molar-refractivity contribution in [2.75, 3.05) is 6.54 Å². The normalized spacial score (nSPS) is 21.1. The second-order valence-corrected chi connectivity index (χ2v) is 4.89. The second kappa shape index (κ2) is 7.75. The molecule has 0 bridgehead atoms. The number of hydrogen-bond donors (Lipinski definition) is 2. The summed E-state index contributed by atoms with van der Waals surface area (Å²) in [5.41, 5.74) is 0.265. The smallest absolute Gasteiger partial charge is 0.191 e. The number of aliphatic imine (C=N–C) groups is 1. The van der Waals surface area contributed by atoms with Gasteiger partial charge in [0.05, 0.1) is 6.54 Å². The Morgan fingerprint density at radius 2 is 2.10 bits per heavy atom. The quantitative estimate of drug-likeness (QED) is 0.467. The first-order valence-corrected chi connectivity index (χ1v) is 6.59. The molecule has 0 saturated heterocycles. The fraction of sp³-hybridized carbons (Fsp3) is 0.500. The molecule has 6 heteroatoms. The lowest BCUT2D eigenvalue weighted by atomic mass is 10.2. The molecule has 0 aromatic heterocycles. The molecule has 20 heavy (non-hydrogen) atoms. The third kappa shape index (κ3) is 4.88. The Hall–Kier alpha value is -0.920. The maximum atomic E-state index is 13.5. The third-order valence-corrected chi connectivity index (χ3v) is 3.19. The van der Waals surface area contributed by atoms with Crippen LogP contribution in [0.25, 0.3) is 0 Å². The summed E-state index contributed by atoms with van der Waals surface area (Å²) in [5.74, 6) is 0.427. The van der Waals surface area contributed by atoms with Gasteiger partial charge in [-0.15, -0.1) is 24.0 Å². The second-order valence-electron chi connectivity index (χ2n) is 4.89. The van der Waals surface area contributed by atoms with Crippen LogP contribution in [0.3, 0.4) is 0 Å². The van der Waals surface area contributed by atoms with E-state index < -0.39 is 11.6 Å². The van der Waals surface area contributed by atoms with Crippen molar-refractivity contribution in [3.63, 3.8) is 0 Å². The number of guanidine groups is 1. The Labute approximate surface area is 135 Å². The highest BCUT2D eigenvalue weighted by atomic mass is 127. The van der Waals surface area contributed by atoms with Gasteiger partial charge < -0.3 is 10.6 Å². The number of nitrogens with zero attached hydrogens (tertiary/aromatic N) is 1. The first kappa shape index (κ1) is 17.1. The van der Waals surface area contributed by atoms with Crippen LogP contribution in [0.2, 0.25) is 0 Å². The van der Waals surface area contributed by atoms with Gasteiger partial charge in [0, 0.05) is 18.2 Å². The largest absolute Gasteiger partial charge is 0.357 e. The number of benzene rings is 1. The minimum absolute atomic E-state index is 0. The zero-order valence-corrected chi connectivity index (χ0v) is 13.9. The zero-order valence-electron chi connectivity index (χ0n) is 11.6. The van der Waals surface area contributed by atoms with Crippen molar-refractivity contribution < 1.29 is 8.78 Å². The van der Waals surface area contributed by atoms with Crippen LogP contribution in [0.5, 0.6) is 0 Å². The molecule has 0 amide bonds. The van der Waals surface area contributed by atoms with Crippen molar-refractivity contribution in [2.24, 2.45) is 10.9 Å². The molecule has 2 N–H and O–H groups in total. The van der Waals surface area contributed by atoms with Gasteiger partial charge in [-0.25, -0.2) is 13.8 Å². The van der Waals surface area contributed by atoms with Gasteiger partial charge >= 0.3 is 0 Å². The van der Waals surface area contributed by atoms with Crippen LogP contribution in [0.4, 0.5) is 8.78 Å². The number of rotatable bonds is 4. The molecule has 2 atom stereocenters. The molecule has 1 aromatic carbocycles. The lowest BCUT2D eigenvalue weighted by Gasteiger charge is -2.10. The van der Waals surface area contributed by atoms with Crippen LogP contribution in [0, 0.1) is 17.6 Å². The Morgan fingerprint density at radius 3 is 2.70 bits per heavy atom. The van der Waals surface area contributed by atoms with Crippen LogP contribution in [0.15, 0.2) is 23.2 Å². The van der Waals surface area contributed by atoms with E-state index in [4.69, 9.17) is 0 Å². The Bertz CT molecular complexity index is 479. The summed E-state index contributed by atoms with van der Waals surface area (Å²) in [7, 11) is 0. The van der Waals surface area contributed by atoms with Crippen LogP contribution in [-0.2, 0) is 6.54 Å². The first-order valence-electron chi connectivity index (χ1n) is 6.59. The maximum Gasteiger partial charge on any atom is 0.191 e. The lowest BCUT2D eigenvalue weighted by molar-refractivity contribution is 0.585. The molecule has 0 heterocycles. The lowest BCUT2D eigenvalue weighted by Crippen LogP contribution is -2.39. The first-order chi connectivity index (χ1) is 9.10. The van der Waals surface area contributed by atoms with Gasteiger partial charge in [0.25, 0.3) is 0 Å². The summed E-state index contributed by atoms with van der Waals surface area (Å²) in [6.45, 7) is 4.99. The van der Waals surface area contributed by atoms with E-state index >= 15 is 0 Å². The summed E-state index contributed by atoms with van der Waals surface area (Å²) >= 11 is 0. The van der Waals surface area contributed by atoms with Crippen molar-refractivity contribution in [1.82, 2.24) is 10.6 Å². The van der Waals surface area contributed by atoms with Crippen molar-refractivity contribution in [1.29, 1.82) is 0 Å². The van der Waals surface area contributed by atoms with Gasteiger partial charge in [0.2, 0.25) is 0 Å². The van der Waals surface area contributed by atoms with E-state index in [0.717, 1.165) is 25.1 Å². The molecule has 1 saturated carbocycles. The van der Waals surface area contributed by atoms with Crippen LogP contribution in [0.1, 0.15) is 25.8 Å². The molecule has 1 aliphatic rings. The molecule has 1 aromatic rings. The average molecular weight is 395 g/mol. The molecule has 2 rings (SSSR count). The van der Waals surface area contributed by atoms with Crippen molar-refractivity contribution in [3.8, 4) is 0 Å². The topological polar surface area (TPSA) is 36.4 Å². The highest BCUT2D eigenvalue weighted by Crippen LogP contribution is 2.28. The summed E-state index contributed by atoms with van der Waals surface area (Å²) in [5, 5.41) is 6.37. The van der Waals surface area contributed by atoms with Crippen LogP contribution >= 0.6 is 24.0 Å². The van der Waals surface area contributed by atoms with E-state index in [2.05, 4.69) is 22.5 Å². The zero-order chi connectivity index (χ0) is 13.8. The Kier molecular flexibility index (Phi) is 6.64. The van der Waals surface area contributed by atoms with Gasteiger partial charge in [-0.3, -0.25) is 0 Å². The van der Waals surface area contributed by atoms with E-state index in [-0.39, 0.29) is 36.1 Å². The SMILES string of the molecule is CCNC(=NCc1cc(F)ccc1F)NC1CC1C.I. The minimum Gasteiger partial charge on any atom is -0.357 e. The molecule has 2 unspecified atom stereocenters. The summed E-state index contributed by atoms with van der Waals surface area (Å²) in [4.78, 5) is 4.29. The third-order valence-electron chi connectivity index (χ3n) is 3.19. The molecule has 1 aliphatic carbocycles. The fourth-order valence-electron chi connectivity index (χ4n) is 1.85. The molecular weight excluding hydrogens is 375 g/mol. The van der Waals surface area contributed by atoms with Crippen LogP contribution in [-0.4, -0.2) is 18.5 Å². The van der Waals surface area contributed by atoms with Crippen LogP contribution < -0.4 is 10.6 Å². The molecule has 0 aliphatic heterocycles. The van der Waals surface area contributed by atoms with E-state index in [0.29, 0.717) is 17.9 Å². The molecule has 0 radical (unpaired) electrons. The molecule has 3 nitrogen and oxygen atoms in total. The monoisotopic (exact) mass is 395 g/mol. The van der Waals surface area contributed by atoms with E-state index in [1.807, 2.05) is 6.92 Å². The van der Waals surface area contributed by atoms with Crippen molar-refractivity contribution >= 4 is 29.9 Å². The number of halogens is 3. The average Bonchev–Trinajstić information content (AvgIpc) is 3.06. The molecule has 112 valence electrons. The van der Waals surface area contributed by atoms with Crippen molar-refractivity contribution in [2.45, 2.75) is 32.9 Å². The summed E-state index contributed by atoms with van der Waals surface area (Å²) in [6, 6.07) is 3.86. The van der Waals surface area contributed by atoms with Gasteiger partial charge in [0.15, 0.2) is 5.96 Å². The van der Waals surface area contributed by atoms with Gasteiger partial charge in [0.1, 0.15) is 11.6 Å². The van der Waals surface area contributed by atoms with E-state index in [9.17, 15) is 8.78 Å². The summed E-state index contributed by atoms with van der Waals surface area (Å²) < 4.78 is 26.5. The van der Waals surface area contributed by atoms with Crippen molar-refractivity contribution in [3.05, 3.63) is 35.4 Å². The predicted octanol–water partition coefficient (Wildman–Crippen LogP) is 3.05. The highest BCUT2D eigenvalue weighted by molar-refractivity contribution is 14.0. The number of hydrogen-bond acceptors (Lipinski definition) is 1. The Balaban J connectivity index is 0.00000200. The molecule has 0 spiro atoms. The summed E-state index contributed by atoms with van der Waals surface area (Å²) in [6.07, 6.45) is 1.12. The molecular formula is C14H20F2IN3. The van der Waals surface area contributed by atoms with Gasteiger partial charge in [-0.1, -0.05) is 6.92 Å². The highest BCUT2D eigenvalue weighted by Gasteiger charge is 2.33. The maximum absolute atomic E-state index is 13.5. The fourth-order valence-corrected chi connectivity index (χ4v) is 1.85. The van der Waals surface area contributed by atoms with E-state index in [1.165, 1.54) is 6.07 Å².